The molecule has 0 heterocycles. The molecule has 1 unspecified atom stereocenters. The molecule has 2 N–H and O–H groups in total. The van der Waals surface area contributed by atoms with E-state index in [-0.39, 0.29) is 30.4 Å². The summed E-state index contributed by atoms with van der Waals surface area (Å²) in [5, 5.41) is 11.4. The molecule has 24 heavy (non-hydrogen) atoms. The van der Waals surface area contributed by atoms with Gasteiger partial charge in [0.1, 0.15) is 5.30 Å². The summed E-state index contributed by atoms with van der Waals surface area (Å²) in [4.78, 5) is 10.7. The van der Waals surface area contributed by atoms with Gasteiger partial charge in [-0.3, -0.25) is 14.7 Å². The van der Waals surface area contributed by atoms with Crippen molar-refractivity contribution in [2.24, 2.45) is 0 Å². The second-order valence-corrected chi connectivity index (χ2v) is 8.09. The van der Waals surface area contributed by atoms with E-state index in [1.807, 2.05) is 6.92 Å². The van der Waals surface area contributed by atoms with E-state index < -0.39 is 12.3 Å². The number of nitro benzene ring substituents is 1. The van der Waals surface area contributed by atoms with Crippen molar-refractivity contribution in [2.45, 2.75) is 39.5 Å². The molecule has 1 aromatic rings. The Bertz CT molecular complexity index is 580. The molecule has 0 aliphatic carbocycles. The van der Waals surface area contributed by atoms with Gasteiger partial charge in [0.05, 0.1) is 24.3 Å². The lowest BCUT2D eigenvalue weighted by molar-refractivity contribution is -0.383. The molecule has 0 radical (unpaired) electrons. The van der Waals surface area contributed by atoms with Crippen molar-refractivity contribution < 1.29 is 18.7 Å². The Morgan fingerprint density at radius 2 is 1.83 bits per heavy atom. The zero-order chi connectivity index (χ0) is 18.0. The lowest BCUT2D eigenvalue weighted by atomic mass is 10.3. The molecule has 0 saturated heterocycles. The van der Waals surface area contributed by atoms with E-state index >= 15 is 0 Å². The highest BCUT2D eigenvalue weighted by atomic mass is 31.2. The minimum absolute atomic E-state index is 0.0719. The largest absolute Gasteiger partial charge is 0.399 e. The van der Waals surface area contributed by atoms with Gasteiger partial charge >= 0.3 is 0 Å². The summed E-state index contributed by atoms with van der Waals surface area (Å²) in [5.74, 6) is 0. The second kappa shape index (κ2) is 10.4. The summed E-state index contributed by atoms with van der Waals surface area (Å²) in [6, 6.07) is 4.09. The number of anilines is 1. The minimum atomic E-state index is -3.42. The summed E-state index contributed by atoms with van der Waals surface area (Å²) in [6.07, 6.45) is 3.64. The second-order valence-electron chi connectivity index (χ2n) is 5.55. The van der Waals surface area contributed by atoms with Crippen LogP contribution in [0.4, 0.5) is 11.4 Å². The number of benzene rings is 1. The predicted molar refractivity (Wildman–Crippen MR) is 96.2 cm³/mol. The van der Waals surface area contributed by atoms with Crippen molar-refractivity contribution in [2.75, 3.05) is 31.7 Å². The Labute approximate surface area is 143 Å². The van der Waals surface area contributed by atoms with Gasteiger partial charge < -0.3 is 15.0 Å². The topological polar surface area (TPSA) is 105 Å². The van der Waals surface area contributed by atoms with Gasteiger partial charge in [-0.05, 0) is 25.0 Å². The van der Waals surface area contributed by atoms with E-state index in [1.54, 1.807) is 0 Å². The molecule has 0 aromatic heterocycles. The molecule has 1 rings (SSSR count). The quantitative estimate of drug-likeness (QED) is 0.201. The number of nitrogens with zero attached hydrogens (tertiary/aromatic N) is 1. The molecule has 7 nitrogen and oxygen atoms in total. The highest BCUT2D eigenvalue weighted by molar-refractivity contribution is 7.67. The number of hydrogen-bond acceptors (Lipinski definition) is 6. The maximum absolute atomic E-state index is 13.3. The predicted octanol–water partition coefficient (Wildman–Crippen LogP) is 3.71. The molecule has 1 aromatic carbocycles. The van der Waals surface area contributed by atoms with Gasteiger partial charge in [-0.1, -0.05) is 26.7 Å². The third-order valence-electron chi connectivity index (χ3n) is 3.53. The fourth-order valence-corrected chi connectivity index (χ4v) is 4.27. The average molecular weight is 358 g/mol. The van der Waals surface area contributed by atoms with Gasteiger partial charge in [0.2, 0.25) is 7.37 Å². The summed E-state index contributed by atoms with van der Waals surface area (Å²) in [6.45, 7) is 5.14. The maximum atomic E-state index is 13.3. The highest BCUT2D eigenvalue weighted by Gasteiger charge is 2.33. The number of nitrogens with two attached hydrogens (primary N) is 1. The van der Waals surface area contributed by atoms with Crippen LogP contribution in [-0.2, 0) is 13.8 Å². The average Bonchev–Trinajstić information content (AvgIpc) is 2.54. The Kier molecular flexibility index (Phi) is 8.97. The van der Waals surface area contributed by atoms with Crippen LogP contribution in [0.25, 0.3) is 0 Å². The van der Waals surface area contributed by atoms with Crippen molar-refractivity contribution in [3.8, 4) is 0 Å². The van der Waals surface area contributed by atoms with Gasteiger partial charge in [-0.2, -0.15) is 0 Å². The molecule has 0 bridgehead atoms. The number of hydrogen-bond donors (Lipinski definition) is 1. The van der Waals surface area contributed by atoms with E-state index in [9.17, 15) is 14.7 Å². The fourth-order valence-electron chi connectivity index (χ4n) is 2.11. The fraction of sp³-hybridized carbons (Fsp3) is 0.625. The third kappa shape index (κ3) is 6.23. The van der Waals surface area contributed by atoms with E-state index in [0.29, 0.717) is 12.3 Å². The van der Waals surface area contributed by atoms with Crippen LogP contribution in [0.15, 0.2) is 18.2 Å². The number of rotatable bonds is 12. The molecule has 0 aliphatic rings. The van der Waals surface area contributed by atoms with Gasteiger partial charge in [0.25, 0.3) is 5.69 Å². The molecule has 0 fully saturated rings. The van der Waals surface area contributed by atoms with Crippen LogP contribution in [0.5, 0.6) is 0 Å². The van der Waals surface area contributed by atoms with Gasteiger partial charge in [0.15, 0.2) is 0 Å². The Hall–Kier alpha value is -1.43. The molecule has 0 aliphatic heterocycles. The van der Waals surface area contributed by atoms with Crippen molar-refractivity contribution in [1.29, 1.82) is 0 Å². The van der Waals surface area contributed by atoms with Crippen LogP contribution >= 0.6 is 7.37 Å². The van der Waals surface area contributed by atoms with Gasteiger partial charge in [0, 0.05) is 18.4 Å². The monoisotopic (exact) mass is 358 g/mol. The van der Waals surface area contributed by atoms with Crippen molar-refractivity contribution in [1.82, 2.24) is 0 Å². The molecule has 1 atom stereocenters. The number of nitro groups is 1. The lowest BCUT2D eigenvalue weighted by Crippen LogP contribution is -2.18. The summed E-state index contributed by atoms with van der Waals surface area (Å²) in [5.41, 5.74) is 5.84. The van der Waals surface area contributed by atoms with Crippen LogP contribution < -0.4 is 11.0 Å². The highest BCUT2D eigenvalue weighted by Crippen LogP contribution is 2.48. The third-order valence-corrected chi connectivity index (χ3v) is 6.00. The SMILES string of the molecule is CCCCOCCP(=O)(OCCCC)c1cc(N)ccc1[N+](=O)[O-]. The van der Waals surface area contributed by atoms with Crippen molar-refractivity contribution in [3.63, 3.8) is 0 Å². The maximum Gasteiger partial charge on any atom is 0.282 e. The van der Waals surface area contributed by atoms with Crippen molar-refractivity contribution in [3.05, 3.63) is 28.3 Å². The van der Waals surface area contributed by atoms with Gasteiger partial charge in [-0.15, -0.1) is 0 Å². The molecule has 0 spiro atoms. The first-order valence-corrected chi connectivity index (χ1v) is 10.1. The number of ether oxygens (including phenoxy) is 1. The first-order chi connectivity index (χ1) is 11.4. The molecule has 0 amide bonds. The number of nitrogen functional groups attached to an aromatic ring is 1. The smallest absolute Gasteiger partial charge is 0.282 e. The van der Waals surface area contributed by atoms with E-state index in [2.05, 4.69) is 6.92 Å². The molecular weight excluding hydrogens is 331 g/mol. The zero-order valence-electron chi connectivity index (χ0n) is 14.4. The van der Waals surface area contributed by atoms with Gasteiger partial charge in [-0.25, -0.2) is 0 Å². The normalized spacial score (nSPS) is 13.6. The Morgan fingerprint density at radius 3 is 2.46 bits per heavy atom. The standard InChI is InChI=1S/C16H27N2O5P/c1-3-5-9-22-11-12-24(21,23-10-6-4-2)16-13-14(17)7-8-15(16)18(19)20/h7-8,13H,3-6,9-12,17H2,1-2H3. The lowest BCUT2D eigenvalue weighted by Gasteiger charge is -2.19. The molecular formula is C16H27N2O5P. The summed E-state index contributed by atoms with van der Waals surface area (Å²) < 4.78 is 24.4. The Morgan fingerprint density at radius 1 is 1.17 bits per heavy atom. The van der Waals surface area contributed by atoms with E-state index in [1.165, 1.54) is 18.2 Å². The van der Waals surface area contributed by atoms with Crippen molar-refractivity contribution >= 4 is 24.0 Å². The van der Waals surface area contributed by atoms with Crippen LogP contribution in [0.3, 0.4) is 0 Å². The summed E-state index contributed by atoms with van der Waals surface area (Å²) in [7, 11) is -3.42. The van der Waals surface area contributed by atoms with E-state index in [4.69, 9.17) is 15.0 Å². The van der Waals surface area contributed by atoms with E-state index in [0.717, 1.165) is 25.7 Å². The molecule has 0 saturated carbocycles. The van der Waals surface area contributed by atoms with Crippen LogP contribution in [0.1, 0.15) is 39.5 Å². The Balaban J connectivity index is 3.01. The number of unbranched alkanes of at least 4 members (excludes halogenated alkanes) is 2. The zero-order valence-corrected chi connectivity index (χ0v) is 15.3. The minimum Gasteiger partial charge on any atom is -0.399 e. The first kappa shape index (κ1) is 20.6. The molecule has 136 valence electrons. The molecule has 8 heteroatoms. The van der Waals surface area contributed by atoms with Crippen LogP contribution in [0.2, 0.25) is 0 Å². The van der Waals surface area contributed by atoms with Crippen LogP contribution in [-0.4, -0.2) is 30.9 Å². The first-order valence-electron chi connectivity index (χ1n) is 8.30. The summed E-state index contributed by atoms with van der Waals surface area (Å²) >= 11 is 0. The van der Waals surface area contributed by atoms with Crippen LogP contribution in [0, 0.1) is 10.1 Å².